The highest BCUT2D eigenvalue weighted by atomic mass is 35.5. The second-order valence-electron chi connectivity index (χ2n) is 2.51. The summed E-state index contributed by atoms with van der Waals surface area (Å²) in [5, 5.41) is 3.15. The minimum atomic E-state index is -1.08. The molecule has 2 aromatic rings. The molecule has 2 rings (SSSR count). The third kappa shape index (κ3) is 1.46. The fraction of sp³-hybridized carbons (Fsp3) is 0. The molecule has 0 radical (unpaired) electrons. The summed E-state index contributed by atoms with van der Waals surface area (Å²) in [5.41, 5.74) is 0.266. The number of aromatic nitrogens is 2. The molecular formula is C8H3ClF2N2O. The van der Waals surface area contributed by atoms with E-state index in [4.69, 9.17) is 11.6 Å². The molecule has 0 fully saturated rings. The molecule has 72 valence electrons. The van der Waals surface area contributed by atoms with E-state index in [-0.39, 0.29) is 16.4 Å². The highest BCUT2D eigenvalue weighted by Gasteiger charge is 2.12. The molecule has 0 N–H and O–H groups in total. The summed E-state index contributed by atoms with van der Waals surface area (Å²) >= 11 is 5.43. The third-order valence-electron chi connectivity index (χ3n) is 1.60. The van der Waals surface area contributed by atoms with Crippen molar-refractivity contribution in [1.29, 1.82) is 0 Å². The van der Waals surface area contributed by atoms with Crippen LogP contribution in [0.2, 0.25) is 5.02 Å². The molecule has 0 atom stereocenters. The molecule has 0 aliphatic carbocycles. The Bertz CT molecular complexity index is 435. The van der Waals surface area contributed by atoms with Gasteiger partial charge in [-0.25, -0.2) is 8.78 Å². The topological polar surface area (TPSA) is 38.9 Å². The van der Waals surface area contributed by atoms with Crippen molar-refractivity contribution in [2.24, 2.45) is 0 Å². The van der Waals surface area contributed by atoms with Crippen molar-refractivity contribution < 1.29 is 13.3 Å². The minimum Gasteiger partial charge on any atom is -0.342 e. The van der Waals surface area contributed by atoms with Crippen molar-refractivity contribution in [2.45, 2.75) is 0 Å². The van der Waals surface area contributed by atoms with Crippen molar-refractivity contribution in [2.75, 3.05) is 0 Å². The Labute approximate surface area is 82.3 Å². The molecule has 14 heavy (non-hydrogen) atoms. The van der Waals surface area contributed by atoms with Crippen LogP contribution in [0.25, 0.3) is 11.4 Å². The summed E-state index contributed by atoms with van der Waals surface area (Å²) in [7, 11) is 0. The van der Waals surface area contributed by atoms with Gasteiger partial charge in [0, 0.05) is 5.56 Å². The highest BCUT2D eigenvalue weighted by molar-refractivity contribution is 6.31. The summed E-state index contributed by atoms with van der Waals surface area (Å²) in [6.07, 6.45) is 1.09. The average Bonchev–Trinajstić information content (AvgIpc) is 2.66. The van der Waals surface area contributed by atoms with Gasteiger partial charge in [0.2, 0.25) is 12.2 Å². The first-order valence-corrected chi connectivity index (χ1v) is 3.97. The summed E-state index contributed by atoms with van der Waals surface area (Å²) in [6, 6.07) is 2.18. The van der Waals surface area contributed by atoms with E-state index < -0.39 is 11.6 Å². The van der Waals surface area contributed by atoms with Gasteiger partial charge in [-0.15, -0.1) is 0 Å². The fourth-order valence-electron chi connectivity index (χ4n) is 0.982. The summed E-state index contributed by atoms with van der Waals surface area (Å²) in [6.45, 7) is 0. The monoisotopic (exact) mass is 216 g/mol. The number of halogens is 3. The van der Waals surface area contributed by atoms with Crippen molar-refractivity contribution in [3.63, 3.8) is 0 Å². The van der Waals surface area contributed by atoms with E-state index in [9.17, 15) is 8.78 Å². The molecule has 0 amide bonds. The van der Waals surface area contributed by atoms with E-state index in [2.05, 4.69) is 14.7 Å². The number of hydrogen-bond donors (Lipinski definition) is 0. The van der Waals surface area contributed by atoms with E-state index in [0.29, 0.717) is 0 Å². The molecule has 1 aromatic carbocycles. The number of nitrogens with zero attached hydrogens (tertiary/aromatic N) is 2. The highest BCUT2D eigenvalue weighted by Crippen LogP contribution is 2.24. The third-order valence-corrected chi connectivity index (χ3v) is 1.88. The van der Waals surface area contributed by atoms with Gasteiger partial charge in [0.25, 0.3) is 0 Å². The van der Waals surface area contributed by atoms with Gasteiger partial charge in [0.15, 0.2) is 11.6 Å². The fourth-order valence-corrected chi connectivity index (χ4v) is 1.19. The van der Waals surface area contributed by atoms with Crippen LogP contribution < -0.4 is 0 Å². The largest absolute Gasteiger partial charge is 0.342 e. The average molecular weight is 217 g/mol. The number of hydrogen-bond acceptors (Lipinski definition) is 3. The molecule has 0 unspecified atom stereocenters. The lowest BCUT2D eigenvalue weighted by Gasteiger charge is -1.98. The summed E-state index contributed by atoms with van der Waals surface area (Å²) in [5.74, 6) is -1.97. The maximum atomic E-state index is 12.9. The maximum Gasteiger partial charge on any atom is 0.214 e. The summed E-state index contributed by atoms with van der Waals surface area (Å²) < 4.78 is 30.1. The molecule has 0 aliphatic heterocycles. The van der Waals surface area contributed by atoms with Crippen LogP contribution in [0.1, 0.15) is 0 Å². The molecule has 0 bridgehead atoms. The van der Waals surface area contributed by atoms with Crippen molar-refractivity contribution >= 4 is 11.6 Å². The molecular weight excluding hydrogens is 214 g/mol. The Kier molecular flexibility index (Phi) is 2.17. The Morgan fingerprint density at radius 3 is 2.64 bits per heavy atom. The number of rotatable bonds is 1. The van der Waals surface area contributed by atoms with Crippen LogP contribution in [0, 0.1) is 11.6 Å². The zero-order valence-corrected chi connectivity index (χ0v) is 7.42. The van der Waals surface area contributed by atoms with Crippen LogP contribution in [0.3, 0.4) is 0 Å². The van der Waals surface area contributed by atoms with Crippen LogP contribution in [0.5, 0.6) is 0 Å². The molecule has 1 aromatic heterocycles. The maximum absolute atomic E-state index is 12.9. The molecule has 3 nitrogen and oxygen atoms in total. The van der Waals surface area contributed by atoms with Crippen LogP contribution in [-0.4, -0.2) is 10.1 Å². The summed E-state index contributed by atoms with van der Waals surface area (Å²) in [4.78, 5) is 3.67. The van der Waals surface area contributed by atoms with Crippen LogP contribution in [0.15, 0.2) is 23.0 Å². The molecule has 0 saturated heterocycles. The van der Waals surface area contributed by atoms with Gasteiger partial charge in [0.05, 0.1) is 5.02 Å². The van der Waals surface area contributed by atoms with Crippen LogP contribution >= 0.6 is 11.6 Å². The predicted octanol–water partition coefficient (Wildman–Crippen LogP) is 2.67. The Morgan fingerprint density at radius 1 is 1.29 bits per heavy atom. The van der Waals surface area contributed by atoms with Crippen molar-refractivity contribution in [1.82, 2.24) is 10.1 Å². The van der Waals surface area contributed by atoms with Crippen LogP contribution in [0.4, 0.5) is 8.78 Å². The lowest BCUT2D eigenvalue weighted by Crippen LogP contribution is -1.88. The van der Waals surface area contributed by atoms with Gasteiger partial charge in [-0.3, -0.25) is 0 Å². The molecule has 6 heteroatoms. The van der Waals surface area contributed by atoms with E-state index in [0.717, 1.165) is 12.5 Å². The second-order valence-corrected chi connectivity index (χ2v) is 2.92. The quantitative estimate of drug-likeness (QED) is 0.688. The first-order chi connectivity index (χ1) is 6.68. The molecule has 0 aliphatic rings. The van der Waals surface area contributed by atoms with Gasteiger partial charge >= 0.3 is 0 Å². The van der Waals surface area contributed by atoms with Gasteiger partial charge in [-0.2, -0.15) is 4.98 Å². The Balaban J connectivity index is 2.57. The predicted molar refractivity (Wildman–Crippen MR) is 44.7 cm³/mol. The zero-order chi connectivity index (χ0) is 10.1. The van der Waals surface area contributed by atoms with E-state index in [1.165, 1.54) is 6.07 Å². The van der Waals surface area contributed by atoms with E-state index >= 15 is 0 Å². The molecule has 0 saturated carbocycles. The Morgan fingerprint density at radius 2 is 2.07 bits per heavy atom. The Hall–Kier alpha value is -1.49. The zero-order valence-electron chi connectivity index (χ0n) is 6.67. The van der Waals surface area contributed by atoms with Gasteiger partial charge in [0.1, 0.15) is 0 Å². The minimum absolute atomic E-state index is 0.158. The SMILES string of the molecule is Fc1cc(-c2ncon2)cc(Cl)c1F. The smallest absolute Gasteiger partial charge is 0.214 e. The molecule has 0 spiro atoms. The standard InChI is InChI=1S/C8H3ClF2N2O/c9-5-1-4(2-6(10)7(5)11)8-12-3-14-13-8/h1-3H. The van der Waals surface area contributed by atoms with Gasteiger partial charge in [-0.05, 0) is 12.1 Å². The first kappa shape index (κ1) is 9.08. The van der Waals surface area contributed by atoms with E-state index in [1.54, 1.807) is 0 Å². The van der Waals surface area contributed by atoms with Crippen LogP contribution in [-0.2, 0) is 0 Å². The second kappa shape index (κ2) is 3.34. The molecule has 1 heterocycles. The lowest BCUT2D eigenvalue weighted by atomic mass is 10.2. The number of benzene rings is 1. The lowest BCUT2D eigenvalue weighted by molar-refractivity contribution is 0.418. The van der Waals surface area contributed by atoms with E-state index in [1.807, 2.05) is 0 Å². The van der Waals surface area contributed by atoms with Gasteiger partial charge in [-0.1, -0.05) is 16.8 Å². The van der Waals surface area contributed by atoms with Gasteiger partial charge < -0.3 is 4.52 Å². The van der Waals surface area contributed by atoms with Crippen molar-refractivity contribution in [3.05, 3.63) is 35.2 Å². The normalized spacial score (nSPS) is 10.5. The van der Waals surface area contributed by atoms with Crippen molar-refractivity contribution in [3.8, 4) is 11.4 Å². The first-order valence-electron chi connectivity index (χ1n) is 3.60.